The van der Waals surface area contributed by atoms with Gasteiger partial charge in [0.1, 0.15) is 0 Å². The minimum Gasteiger partial charge on any atom is -0.211 e. The molecule has 0 atom stereocenters. The van der Waals surface area contributed by atoms with Gasteiger partial charge in [-0.2, -0.15) is 0 Å². The van der Waals surface area contributed by atoms with E-state index in [1.54, 1.807) is 0 Å². The SMILES string of the molecule is O=S(=O)(Cl)c1cccc(S(=O)(=O)NCCC2CC2)c1. The zero-order valence-electron chi connectivity index (χ0n) is 10.0. The second-order valence-corrected chi connectivity index (χ2v) is 8.88. The third kappa shape index (κ3) is 4.17. The molecule has 0 aromatic heterocycles. The normalized spacial score (nSPS) is 16.5. The molecule has 0 radical (unpaired) electrons. The first-order valence-corrected chi connectivity index (χ1v) is 9.63. The van der Waals surface area contributed by atoms with Gasteiger partial charge in [-0.05, 0) is 30.5 Å². The Hall–Kier alpha value is -0.630. The first-order valence-electron chi connectivity index (χ1n) is 5.83. The Balaban J connectivity index is 2.14. The van der Waals surface area contributed by atoms with E-state index < -0.39 is 19.1 Å². The van der Waals surface area contributed by atoms with E-state index in [1.807, 2.05) is 0 Å². The highest BCUT2D eigenvalue weighted by Crippen LogP contribution is 2.31. The third-order valence-corrected chi connectivity index (χ3v) is 5.75. The summed E-state index contributed by atoms with van der Waals surface area (Å²) in [5.74, 6) is 0.622. The lowest BCUT2D eigenvalue weighted by Gasteiger charge is -2.07. The van der Waals surface area contributed by atoms with Crippen molar-refractivity contribution in [3.63, 3.8) is 0 Å². The van der Waals surface area contributed by atoms with E-state index in [2.05, 4.69) is 4.72 Å². The van der Waals surface area contributed by atoms with Crippen LogP contribution in [0.25, 0.3) is 0 Å². The van der Waals surface area contributed by atoms with E-state index in [4.69, 9.17) is 10.7 Å². The van der Waals surface area contributed by atoms with Crippen molar-refractivity contribution in [1.29, 1.82) is 0 Å². The van der Waals surface area contributed by atoms with Gasteiger partial charge in [0.15, 0.2) is 0 Å². The number of sulfonamides is 1. The van der Waals surface area contributed by atoms with Crippen molar-refractivity contribution in [2.24, 2.45) is 5.92 Å². The average Bonchev–Trinajstić information content (AvgIpc) is 3.12. The Morgan fingerprint density at radius 1 is 1.16 bits per heavy atom. The van der Waals surface area contributed by atoms with Gasteiger partial charge in [0.05, 0.1) is 9.79 Å². The van der Waals surface area contributed by atoms with Gasteiger partial charge in [-0.3, -0.25) is 0 Å². The molecule has 1 aromatic carbocycles. The summed E-state index contributed by atoms with van der Waals surface area (Å²) < 4.78 is 48.7. The van der Waals surface area contributed by atoms with E-state index in [-0.39, 0.29) is 9.79 Å². The highest BCUT2D eigenvalue weighted by Gasteiger charge is 2.22. The Kier molecular flexibility index (Phi) is 4.20. The van der Waals surface area contributed by atoms with Crippen molar-refractivity contribution in [3.05, 3.63) is 24.3 Å². The van der Waals surface area contributed by atoms with Gasteiger partial charge in [0.2, 0.25) is 10.0 Å². The number of hydrogen-bond acceptors (Lipinski definition) is 4. The zero-order chi connectivity index (χ0) is 14.1. The van der Waals surface area contributed by atoms with Crippen LogP contribution in [0.3, 0.4) is 0 Å². The van der Waals surface area contributed by atoms with Crippen molar-refractivity contribution in [2.75, 3.05) is 6.54 Å². The van der Waals surface area contributed by atoms with Crippen molar-refractivity contribution in [2.45, 2.75) is 29.1 Å². The summed E-state index contributed by atoms with van der Waals surface area (Å²) in [5.41, 5.74) is 0. The molecule has 106 valence electrons. The molecule has 1 N–H and O–H groups in total. The summed E-state index contributed by atoms with van der Waals surface area (Å²) in [7, 11) is -2.42. The molecule has 0 spiro atoms. The Morgan fingerprint density at radius 2 is 1.79 bits per heavy atom. The molecule has 1 aliphatic rings. The van der Waals surface area contributed by atoms with Gasteiger partial charge in [-0.15, -0.1) is 0 Å². The van der Waals surface area contributed by atoms with Gasteiger partial charge in [0, 0.05) is 17.2 Å². The molecule has 0 saturated heterocycles. The maximum absolute atomic E-state index is 12.0. The lowest BCUT2D eigenvalue weighted by atomic mass is 10.3. The molecular formula is C11H14ClNO4S2. The van der Waals surface area contributed by atoms with E-state index in [0.717, 1.165) is 25.3 Å². The van der Waals surface area contributed by atoms with Gasteiger partial charge >= 0.3 is 0 Å². The van der Waals surface area contributed by atoms with Crippen LogP contribution in [-0.4, -0.2) is 23.4 Å². The fourth-order valence-corrected chi connectivity index (χ4v) is 3.64. The number of benzene rings is 1. The number of rotatable bonds is 6. The predicted octanol–water partition coefficient (Wildman–Crippen LogP) is 1.69. The molecule has 0 heterocycles. The van der Waals surface area contributed by atoms with Crippen LogP contribution in [0.1, 0.15) is 19.3 Å². The largest absolute Gasteiger partial charge is 0.261 e. The van der Waals surface area contributed by atoms with Gasteiger partial charge in [-0.25, -0.2) is 21.6 Å². The van der Waals surface area contributed by atoms with Gasteiger partial charge in [-0.1, -0.05) is 18.9 Å². The molecule has 0 aliphatic heterocycles. The molecular weight excluding hydrogens is 310 g/mol. The average molecular weight is 324 g/mol. The van der Waals surface area contributed by atoms with Gasteiger partial charge < -0.3 is 0 Å². The van der Waals surface area contributed by atoms with Crippen LogP contribution in [-0.2, 0) is 19.1 Å². The van der Waals surface area contributed by atoms with Crippen LogP contribution in [0.5, 0.6) is 0 Å². The summed E-state index contributed by atoms with van der Waals surface area (Å²) in [4.78, 5) is -0.316. The lowest BCUT2D eigenvalue weighted by Crippen LogP contribution is -2.25. The molecule has 1 aromatic rings. The minimum atomic E-state index is -3.93. The van der Waals surface area contributed by atoms with Gasteiger partial charge in [0.25, 0.3) is 9.05 Å². The molecule has 1 fully saturated rings. The first kappa shape index (κ1) is 14.8. The number of nitrogens with one attached hydrogen (secondary N) is 1. The Bertz CT molecular complexity index is 666. The zero-order valence-corrected chi connectivity index (χ0v) is 12.4. The third-order valence-electron chi connectivity index (χ3n) is 2.94. The number of halogens is 1. The fraction of sp³-hybridized carbons (Fsp3) is 0.455. The van der Waals surface area contributed by atoms with E-state index >= 15 is 0 Å². The Labute approximate surface area is 117 Å². The molecule has 0 bridgehead atoms. The highest BCUT2D eigenvalue weighted by atomic mass is 35.7. The standard InChI is InChI=1S/C11H14ClNO4S2/c12-18(14,15)10-2-1-3-11(8-10)19(16,17)13-7-6-9-4-5-9/h1-3,8-9,13H,4-7H2. The van der Waals surface area contributed by atoms with Crippen molar-refractivity contribution in [1.82, 2.24) is 4.72 Å². The molecule has 0 unspecified atom stereocenters. The van der Waals surface area contributed by atoms with Crippen LogP contribution < -0.4 is 4.72 Å². The summed E-state index contributed by atoms with van der Waals surface area (Å²) in [6.45, 7) is 0.366. The van der Waals surface area contributed by atoms with E-state index in [9.17, 15) is 16.8 Å². The second kappa shape index (κ2) is 5.40. The summed E-state index contributed by atoms with van der Waals surface area (Å²) in [6.07, 6.45) is 3.12. The molecule has 5 nitrogen and oxygen atoms in total. The lowest BCUT2D eigenvalue weighted by molar-refractivity contribution is 0.575. The maximum atomic E-state index is 12.0. The molecule has 8 heteroatoms. The number of hydrogen-bond donors (Lipinski definition) is 1. The van der Waals surface area contributed by atoms with Crippen molar-refractivity contribution >= 4 is 29.8 Å². The van der Waals surface area contributed by atoms with Crippen LogP contribution in [0.15, 0.2) is 34.1 Å². The van der Waals surface area contributed by atoms with Crippen LogP contribution in [0.2, 0.25) is 0 Å². The first-order chi connectivity index (χ1) is 8.79. The monoisotopic (exact) mass is 323 g/mol. The van der Waals surface area contributed by atoms with Crippen molar-refractivity contribution in [3.8, 4) is 0 Å². The maximum Gasteiger partial charge on any atom is 0.261 e. The molecule has 1 saturated carbocycles. The predicted molar refractivity (Wildman–Crippen MR) is 72.0 cm³/mol. The van der Waals surface area contributed by atoms with Crippen LogP contribution >= 0.6 is 10.7 Å². The van der Waals surface area contributed by atoms with E-state index in [1.165, 1.54) is 18.2 Å². The quantitative estimate of drug-likeness (QED) is 0.808. The highest BCUT2D eigenvalue weighted by molar-refractivity contribution is 8.13. The fourth-order valence-electron chi connectivity index (χ4n) is 1.68. The van der Waals surface area contributed by atoms with Crippen LogP contribution in [0.4, 0.5) is 0 Å². The summed E-state index contributed by atoms with van der Waals surface area (Å²) in [6, 6.07) is 5.00. The second-order valence-electron chi connectivity index (χ2n) is 4.54. The summed E-state index contributed by atoms with van der Waals surface area (Å²) >= 11 is 0. The minimum absolute atomic E-state index is 0.0926. The molecule has 2 rings (SSSR count). The molecule has 1 aliphatic carbocycles. The van der Waals surface area contributed by atoms with Crippen LogP contribution in [0, 0.1) is 5.92 Å². The molecule has 0 amide bonds. The van der Waals surface area contributed by atoms with Crippen molar-refractivity contribution < 1.29 is 16.8 Å². The molecule has 19 heavy (non-hydrogen) atoms. The smallest absolute Gasteiger partial charge is 0.211 e. The Morgan fingerprint density at radius 3 is 2.37 bits per heavy atom. The van der Waals surface area contributed by atoms with E-state index in [0.29, 0.717) is 12.5 Å². The topological polar surface area (TPSA) is 80.3 Å². The summed E-state index contributed by atoms with van der Waals surface area (Å²) in [5, 5.41) is 0.